The zero-order chi connectivity index (χ0) is 29.9. The lowest BCUT2D eigenvalue weighted by Crippen LogP contribution is -2.37. The lowest BCUT2D eigenvalue weighted by molar-refractivity contribution is 0.0549. The molecule has 0 spiro atoms. The summed E-state index contributed by atoms with van der Waals surface area (Å²) in [5.74, 6) is -0.708. The monoisotopic (exact) mass is 561 g/mol. The van der Waals surface area contributed by atoms with Gasteiger partial charge >= 0.3 is 12.1 Å². The zero-order valence-corrected chi connectivity index (χ0v) is 24.3. The van der Waals surface area contributed by atoms with Gasteiger partial charge in [0.1, 0.15) is 11.4 Å². The van der Waals surface area contributed by atoms with Crippen LogP contribution in [0.1, 0.15) is 76.9 Å². The van der Waals surface area contributed by atoms with Gasteiger partial charge in [0.2, 0.25) is 0 Å². The number of fused-ring (bicyclic) bond motifs is 1. The van der Waals surface area contributed by atoms with Crippen molar-refractivity contribution < 1.29 is 23.5 Å². The molecule has 0 unspecified atom stereocenters. The van der Waals surface area contributed by atoms with Crippen LogP contribution in [0.15, 0.2) is 53.9 Å². The summed E-state index contributed by atoms with van der Waals surface area (Å²) in [5.41, 5.74) is 4.36. The van der Waals surface area contributed by atoms with Gasteiger partial charge in [-0.2, -0.15) is 0 Å². The second kappa shape index (κ2) is 12.0. The van der Waals surface area contributed by atoms with E-state index in [0.29, 0.717) is 42.6 Å². The van der Waals surface area contributed by atoms with Crippen LogP contribution in [0.5, 0.6) is 0 Å². The van der Waals surface area contributed by atoms with Crippen LogP contribution in [0.25, 0.3) is 22.2 Å². The number of imide groups is 1. The summed E-state index contributed by atoms with van der Waals surface area (Å²) in [7, 11) is 0. The number of carbonyl (C=O) groups excluding carboxylic acids is 3. The molecular formula is C31H36FN5O4. The van der Waals surface area contributed by atoms with Gasteiger partial charge in [-0.3, -0.25) is 9.78 Å². The molecule has 2 aromatic heterocycles. The van der Waals surface area contributed by atoms with E-state index in [9.17, 15) is 18.8 Å². The first-order chi connectivity index (χ1) is 19.4. The minimum Gasteiger partial charge on any atom is -0.443 e. The molecule has 4 amide bonds. The molecule has 0 saturated heterocycles. The molecule has 4 rings (SSSR count). The lowest BCUT2D eigenvalue weighted by atomic mass is 9.94. The van der Waals surface area contributed by atoms with Crippen LogP contribution in [0.2, 0.25) is 0 Å². The molecule has 10 heteroatoms. The van der Waals surface area contributed by atoms with Gasteiger partial charge in [0, 0.05) is 48.4 Å². The van der Waals surface area contributed by atoms with E-state index >= 15 is 0 Å². The van der Waals surface area contributed by atoms with Crippen LogP contribution < -0.4 is 5.32 Å². The van der Waals surface area contributed by atoms with Gasteiger partial charge in [-0.15, -0.1) is 0 Å². The maximum atomic E-state index is 14.4. The Labute approximate surface area is 239 Å². The fourth-order valence-corrected chi connectivity index (χ4v) is 4.96. The van der Waals surface area contributed by atoms with E-state index in [2.05, 4.69) is 15.3 Å². The van der Waals surface area contributed by atoms with Crippen molar-refractivity contribution in [2.24, 2.45) is 4.99 Å². The summed E-state index contributed by atoms with van der Waals surface area (Å²) in [5, 5.41) is 2.13. The van der Waals surface area contributed by atoms with Gasteiger partial charge in [-0.25, -0.2) is 24.3 Å². The smallest absolute Gasteiger partial charge is 0.415 e. The van der Waals surface area contributed by atoms with Crippen LogP contribution in [0, 0.1) is 5.82 Å². The summed E-state index contributed by atoms with van der Waals surface area (Å²) in [4.78, 5) is 47.7. The van der Waals surface area contributed by atoms with Crippen molar-refractivity contribution in [2.45, 2.75) is 72.4 Å². The molecule has 9 nitrogen and oxygen atoms in total. The number of hydrogen-bond donors (Lipinski definition) is 1. The summed E-state index contributed by atoms with van der Waals surface area (Å²) in [6.07, 6.45) is 8.01. The Morgan fingerprint density at radius 3 is 2.56 bits per heavy atom. The predicted octanol–water partition coefficient (Wildman–Crippen LogP) is 6.66. The number of allylic oxidation sites excluding steroid dienone is 2. The van der Waals surface area contributed by atoms with E-state index in [-0.39, 0.29) is 11.9 Å². The number of urea groups is 1. The molecular weight excluding hydrogens is 525 g/mol. The van der Waals surface area contributed by atoms with Crippen LogP contribution in [-0.4, -0.2) is 56.2 Å². The Morgan fingerprint density at radius 2 is 1.93 bits per heavy atom. The molecule has 0 bridgehead atoms. The topological polar surface area (TPSA) is 105 Å². The molecule has 1 aliphatic rings. The lowest BCUT2D eigenvalue weighted by Gasteiger charge is -2.26. The molecule has 1 N–H and O–H groups in total. The molecule has 0 aliphatic heterocycles. The summed E-state index contributed by atoms with van der Waals surface area (Å²) in [6, 6.07) is 5.50. The SMILES string of the molecule is CCN(C(=O)c1cc(F)ccc1-c1cc(C2=CC/C(=N/C(=O)NC(=O)OC(C)(C)C)CC2)n2ccncc12)C(C)C. The number of aromatic nitrogens is 2. The second-order valence-corrected chi connectivity index (χ2v) is 11.2. The Bertz CT molecular complexity index is 1550. The minimum atomic E-state index is -0.839. The molecule has 41 heavy (non-hydrogen) atoms. The number of ether oxygens (including phenoxy) is 1. The van der Waals surface area contributed by atoms with E-state index in [1.54, 1.807) is 44.1 Å². The Morgan fingerprint density at radius 1 is 1.17 bits per heavy atom. The van der Waals surface area contributed by atoms with E-state index in [1.807, 2.05) is 43.5 Å². The first-order valence-corrected chi connectivity index (χ1v) is 13.7. The fourth-order valence-electron chi connectivity index (χ4n) is 4.96. The molecule has 0 saturated carbocycles. The first kappa shape index (κ1) is 29.6. The number of rotatable bonds is 5. The van der Waals surface area contributed by atoms with Gasteiger partial charge in [-0.1, -0.05) is 12.1 Å². The van der Waals surface area contributed by atoms with E-state index < -0.39 is 23.5 Å². The van der Waals surface area contributed by atoms with E-state index in [0.717, 1.165) is 22.3 Å². The van der Waals surface area contributed by atoms with Crippen molar-refractivity contribution in [1.29, 1.82) is 0 Å². The molecule has 1 aromatic carbocycles. The van der Waals surface area contributed by atoms with E-state index in [1.165, 1.54) is 12.1 Å². The standard InChI is InChI=1S/C31H36FN5O4/c1-7-36(19(2)3)28(38)25-16-21(32)10-13-23(25)24-17-26(37-15-14-33-18-27(24)37)20-8-11-22(12-9-20)34-29(39)35-30(40)41-31(4,5)6/h8,10,13-19H,7,9,11-12H2,1-6H3,(H,35,39,40)/b34-22-. The summed E-state index contributed by atoms with van der Waals surface area (Å²) in [6.45, 7) is 11.4. The van der Waals surface area contributed by atoms with Gasteiger partial charge in [0.05, 0.1) is 17.3 Å². The normalized spacial score (nSPS) is 14.7. The number of halogens is 1. The molecule has 216 valence electrons. The van der Waals surface area contributed by atoms with E-state index in [4.69, 9.17) is 4.74 Å². The average Bonchev–Trinajstić information content (AvgIpc) is 3.27. The highest BCUT2D eigenvalue weighted by atomic mass is 19.1. The maximum absolute atomic E-state index is 14.4. The molecule has 0 fully saturated rings. The van der Waals surface area contributed by atoms with Crippen LogP contribution >= 0.6 is 0 Å². The van der Waals surface area contributed by atoms with Crippen molar-refractivity contribution >= 4 is 34.8 Å². The number of nitrogens with one attached hydrogen (secondary N) is 1. The summed E-state index contributed by atoms with van der Waals surface area (Å²) >= 11 is 0. The number of aliphatic imine (C=N–C) groups is 1. The predicted molar refractivity (Wildman–Crippen MR) is 156 cm³/mol. The molecule has 2 heterocycles. The second-order valence-electron chi connectivity index (χ2n) is 11.2. The Hall–Kier alpha value is -4.34. The quantitative estimate of drug-likeness (QED) is 0.375. The van der Waals surface area contributed by atoms with Crippen molar-refractivity contribution in [3.63, 3.8) is 0 Å². The number of benzene rings is 1. The first-order valence-electron chi connectivity index (χ1n) is 13.7. The fraction of sp³-hybridized carbons (Fsp3) is 0.387. The zero-order valence-electron chi connectivity index (χ0n) is 24.3. The van der Waals surface area contributed by atoms with Gasteiger partial charge in [0.25, 0.3) is 5.91 Å². The highest BCUT2D eigenvalue weighted by Crippen LogP contribution is 2.36. The Kier molecular flexibility index (Phi) is 8.70. The molecule has 0 atom stereocenters. The molecule has 0 radical (unpaired) electrons. The van der Waals surface area contributed by atoms with Crippen molar-refractivity contribution in [2.75, 3.05) is 6.54 Å². The van der Waals surface area contributed by atoms with Crippen LogP contribution in [0.3, 0.4) is 0 Å². The Balaban J connectivity index is 1.66. The van der Waals surface area contributed by atoms with Crippen molar-refractivity contribution in [3.8, 4) is 11.1 Å². The summed E-state index contributed by atoms with van der Waals surface area (Å²) < 4.78 is 21.5. The largest absolute Gasteiger partial charge is 0.443 e. The third-order valence-corrected chi connectivity index (χ3v) is 6.77. The minimum absolute atomic E-state index is 0.0407. The van der Waals surface area contributed by atoms with Gasteiger partial charge < -0.3 is 14.0 Å². The van der Waals surface area contributed by atoms with Crippen LogP contribution in [-0.2, 0) is 4.74 Å². The highest BCUT2D eigenvalue weighted by molar-refractivity contribution is 6.04. The van der Waals surface area contributed by atoms with Crippen molar-refractivity contribution in [3.05, 3.63) is 66.0 Å². The van der Waals surface area contributed by atoms with Gasteiger partial charge in [0.15, 0.2) is 0 Å². The number of alkyl carbamates (subject to hydrolysis) is 1. The van der Waals surface area contributed by atoms with Crippen molar-refractivity contribution in [1.82, 2.24) is 19.6 Å². The van der Waals surface area contributed by atoms with Crippen LogP contribution in [0.4, 0.5) is 14.0 Å². The highest BCUT2D eigenvalue weighted by Gasteiger charge is 2.25. The average molecular weight is 562 g/mol. The number of hydrogen-bond acceptors (Lipinski definition) is 5. The molecule has 1 aliphatic carbocycles. The third-order valence-electron chi connectivity index (χ3n) is 6.77. The number of amides is 4. The van der Waals surface area contributed by atoms with Gasteiger partial charge in [-0.05, 0) is 83.7 Å². The number of carbonyl (C=O) groups is 3. The third kappa shape index (κ3) is 6.87. The maximum Gasteiger partial charge on any atom is 0.415 e. The number of nitrogens with zero attached hydrogens (tertiary/aromatic N) is 4. The molecule has 3 aromatic rings.